The first-order chi connectivity index (χ1) is 6.83. The largest absolute Gasteiger partial charge is 0.398 e. The van der Waals surface area contributed by atoms with Crippen LogP contribution < -0.4 is 5.73 Å². The van der Waals surface area contributed by atoms with Crippen molar-refractivity contribution < 1.29 is 0 Å². The van der Waals surface area contributed by atoms with Crippen LogP contribution in [-0.2, 0) is 5.75 Å². The molecule has 0 amide bonds. The van der Waals surface area contributed by atoms with Crippen molar-refractivity contribution in [3.05, 3.63) is 42.0 Å². The molecule has 2 rings (SSSR count). The Balaban J connectivity index is 2.69. The smallest absolute Gasteiger partial charge is 0.0361 e. The van der Waals surface area contributed by atoms with E-state index < -0.39 is 0 Å². The van der Waals surface area contributed by atoms with E-state index in [1.54, 1.807) is 11.8 Å². The second kappa shape index (κ2) is 3.93. The molecule has 0 spiro atoms. The van der Waals surface area contributed by atoms with Crippen LogP contribution in [0.4, 0.5) is 5.69 Å². The summed E-state index contributed by atoms with van der Waals surface area (Å²) in [5.41, 5.74) is 8.12. The van der Waals surface area contributed by atoms with Crippen molar-refractivity contribution in [1.82, 2.24) is 0 Å². The summed E-state index contributed by atoms with van der Waals surface area (Å²) in [5, 5.41) is 2.55. The monoisotopic (exact) mass is 203 g/mol. The van der Waals surface area contributed by atoms with E-state index >= 15 is 0 Å². The number of fused-ring (bicyclic) bond motifs is 1. The van der Waals surface area contributed by atoms with Crippen molar-refractivity contribution in [3.8, 4) is 0 Å². The topological polar surface area (TPSA) is 26.0 Å². The summed E-state index contributed by atoms with van der Waals surface area (Å²) in [6.07, 6.45) is 2.10. The number of nitrogens with two attached hydrogens (primary N) is 1. The van der Waals surface area contributed by atoms with Crippen LogP contribution in [0, 0.1) is 0 Å². The fraction of sp³-hybridized carbons (Fsp3) is 0.167. The number of thioether (sulfide) groups is 1. The molecule has 2 aromatic carbocycles. The fourth-order valence-electron chi connectivity index (χ4n) is 1.66. The van der Waals surface area contributed by atoms with Crippen molar-refractivity contribution in [1.29, 1.82) is 0 Å². The third-order valence-corrected chi connectivity index (χ3v) is 2.94. The van der Waals surface area contributed by atoms with E-state index in [0.717, 1.165) is 11.4 Å². The molecule has 14 heavy (non-hydrogen) atoms. The van der Waals surface area contributed by atoms with E-state index in [2.05, 4.69) is 36.6 Å². The maximum atomic E-state index is 5.96. The average molecular weight is 203 g/mol. The number of nitrogen functional groups attached to an aromatic ring is 1. The molecule has 0 bridgehead atoms. The van der Waals surface area contributed by atoms with Gasteiger partial charge in [0.2, 0.25) is 0 Å². The molecule has 0 radical (unpaired) electrons. The molecule has 0 aliphatic carbocycles. The highest BCUT2D eigenvalue weighted by molar-refractivity contribution is 7.97. The maximum Gasteiger partial charge on any atom is 0.0361 e. The molecule has 0 aromatic heterocycles. The Morgan fingerprint density at radius 3 is 2.71 bits per heavy atom. The van der Waals surface area contributed by atoms with E-state index in [0.29, 0.717) is 0 Å². The number of rotatable bonds is 2. The third-order valence-electron chi connectivity index (χ3n) is 2.37. The predicted molar refractivity (Wildman–Crippen MR) is 65.6 cm³/mol. The zero-order chi connectivity index (χ0) is 9.97. The molecule has 0 aliphatic heterocycles. The van der Waals surface area contributed by atoms with Gasteiger partial charge in [0.15, 0.2) is 0 Å². The van der Waals surface area contributed by atoms with Crippen LogP contribution in [0.25, 0.3) is 10.8 Å². The lowest BCUT2D eigenvalue weighted by Crippen LogP contribution is -1.93. The number of hydrogen-bond donors (Lipinski definition) is 1. The second-order valence-electron chi connectivity index (χ2n) is 3.29. The van der Waals surface area contributed by atoms with Crippen LogP contribution in [0.1, 0.15) is 5.56 Å². The van der Waals surface area contributed by atoms with Gasteiger partial charge < -0.3 is 5.73 Å². The molecular weight excluding hydrogens is 190 g/mol. The van der Waals surface area contributed by atoms with E-state index in [1.165, 1.54) is 16.3 Å². The minimum absolute atomic E-state index is 0.901. The Kier molecular flexibility index (Phi) is 2.64. The normalized spacial score (nSPS) is 10.6. The zero-order valence-electron chi connectivity index (χ0n) is 8.16. The predicted octanol–water partition coefficient (Wildman–Crippen LogP) is 3.29. The molecule has 0 aliphatic rings. The number of anilines is 1. The number of benzene rings is 2. The lowest BCUT2D eigenvalue weighted by molar-refractivity contribution is 1.47. The van der Waals surface area contributed by atoms with Gasteiger partial charge in [-0.2, -0.15) is 11.8 Å². The summed E-state index contributed by atoms with van der Waals surface area (Å²) in [4.78, 5) is 0. The van der Waals surface area contributed by atoms with Crippen LogP contribution in [0.15, 0.2) is 36.4 Å². The number of hydrogen-bond acceptors (Lipinski definition) is 2. The molecule has 1 nitrogen and oxygen atoms in total. The first-order valence-corrected chi connectivity index (χ1v) is 5.97. The molecule has 0 heterocycles. The molecule has 0 atom stereocenters. The average Bonchev–Trinajstić information content (AvgIpc) is 2.23. The second-order valence-corrected chi connectivity index (χ2v) is 4.15. The van der Waals surface area contributed by atoms with Crippen LogP contribution in [0.5, 0.6) is 0 Å². The van der Waals surface area contributed by atoms with Gasteiger partial charge in [0, 0.05) is 11.4 Å². The Hall–Kier alpha value is -1.15. The van der Waals surface area contributed by atoms with Crippen LogP contribution in [-0.4, -0.2) is 6.26 Å². The standard InChI is InChI=1S/C12H13NS/c1-14-8-11-10-5-3-2-4-9(10)6-7-12(11)13/h2-7H,8,13H2,1H3. The summed E-state index contributed by atoms with van der Waals surface area (Å²) in [6, 6.07) is 12.4. The molecule has 2 N–H and O–H groups in total. The molecule has 72 valence electrons. The van der Waals surface area contributed by atoms with Crippen molar-refractivity contribution in [2.75, 3.05) is 12.0 Å². The van der Waals surface area contributed by atoms with Gasteiger partial charge in [-0.05, 0) is 28.7 Å². The maximum absolute atomic E-state index is 5.96. The van der Waals surface area contributed by atoms with Gasteiger partial charge in [-0.1, -0.05) is 30.3 Å². The molecule has 2 heteroatoms. The Bertz CT molecular complexity index is 451. The molecular formula is C12H13NS. The summed E-state index contributed by atoms with van der Waals surface area (Å²) < 4.78 is 0. The van der Waals surface area contributed by atoms with Gasteiger partial charge in [-0.3, -0.25) is 0 Å². The van der Waals surface area contributed by atoms with Gasteiger partial charge in [0.05, 0.1) is 0 Å². The van der Waals surface area contributed by atoms with Crippen LogP contribution >= 0.6 is 11.8 Å². The highest BCUT2D eigenvalue weighted by atomic mass is 32.2. The van der Waals surface area contributed by atoms with E-state index in [9.17, 15) is 0 Å². The molecule has 2 aromatic rings. The lowest BCUT2D eigenvalue weighted by atomic mass is 10.0. The first kappa shape index (κ1) is 9.41. The molecule has 0 saturated heterocycles. The minimum atomic E-state index is 0.901. The zero-order valence-corrected chi connectivity index (χ0v) is 8.97. The summed E-state index contributed by atoms with van der Waals surface area (Å²) in [7, 11) is 0. The summed E-state index contributed by atoms with van der Waals surface area (Å²) >= 11 is 1.80. The van der Waals surface area contributed by atoms with Gasteiger partial charge in [-0.15, -0.1) is 0 Å². The Labute approximate surface area is 88.3 Å². The van der Waals surface area contributed by atoms with Gasteiger partial charge in [-0.25, -0.2) is 0 Å². The minimum Gasteiger partial charge on any atom is -0.398 e. The van der Waals surface area contributed by atoms with Gasteiger partial charge >= 0.3 is 0 Å². The van der Waals surface area contributed by atoms with Gasteiger partial charge in [0.1, 0.15) is 0 Å². The van der Waals surface area contributed by atoms with E-state index in [4.69, 9.17) is 5.73 Å². The highest BCUT2D eigenvalue weighted by Gasteiger charge is 2.03. The highest BCUT2D eigenvalue weighted by Crippen LogP contribution is 2.26. The van der Waals surface area contributed by atoms with Crippen molar-refractivity contribution in [2.45, 2.75) is 5.75 Å². The SMILES string of the molecule is CSCc1c(N)ccc2ccccc12. The lowest BCUT2D eigenvalue weighted by Gasteiger charge is -2.08. The Morgan fingerprint density at radius 2 is 1.93 bits per heavy atom. The summed E-state index contributed by atoms with van der Waals surface area (Å²) in [6.45, 7) is 0. The van der Waals surface area contributed by atoms with Crippen molar-refractivity contribution >= 4 is 28.2 Å². The molecule has 0 fully saturated rings. The quantitative estimate of drug-likeness (QED) is 0.758. The van der Waals surface area contributed by atoms with Crippen molar-refractivity contribution in [2.24, 2.45) is 0 Å². The summed E-state index contributed by atoms with van der Waals surface area (Å²) in [5.74, 6) is 0.979. The fourth-order valence-corrected chi connectivity index (χ4v) is 2.27. The Morgan fingerprint density at radius 1 is 1.14 bits per heavy atom. The van der Waals surface area contributed by atoms with Crippen LogP contribution in [0.2, 0.25) is 0 Å². The van der Waals surface area contributed by atoms with E-state index in [-0.39, 0.29) is 0 Å². The molecule has 0 unspecified atom stereocenters. The molecule has 0 saturated carbocycles. The third kappa shape index (κ3) is 1.58. The van der Waals surface area contributed by atoms with E-state index in [1.807, 2.05) is 6.07 Å². The van der Waals surface area contributed by atoms with Crippen molar-refractivity contribution in [3.63, 3.8) is 0 Å². The van der Waals surface area contributed by atoms with Gasteiger partial charge in [0.25, 0.3) is 0 Å². The van der Waals surface area contributed by atoms with Crippen LogP contribution in [0.3, 0.4) is 0 Å². The first-order valence-electron chi connectivity index (χ1n) is 4.58.